The maximum atomic E-state index is 11.5. The van der Waals surface area contributed by atoms with E-state index in [-0.39, 0.29) is 18.0 Å². The van der Waals surface area contributed by atoms with Crippen LogP contribution in [0.1, 0.15) is 15.9 Å². The molecule has 4 N–H and O–H groups in total. The highest BCUT2D eigenvalue weighted by Gasteiger charge is 2.12. The molecule has 0 aliphatic heterocycles. The van der Waals surface area contributed by atoms with Crippen molar-refractivity contribution in [1.29, 1.82) is 0 Å². The Labute approximate surface area is 110 Å². The Hall–Kier alpha value is -2.57. The molecule has 0 unspecified atom stereocenters. The summed E-state index contributed by atoms with van der Waals surface area (Å²) < 4.78 is 0. The van der Waals surface area contributed by atoms with Crippen molar-refractivity contribution in [2.45, 2.75) is 6.92 Å². The summed E-state index contributed by atoms with van der Waals surface area (Å²) in [4.78, 5) is 33.4. The largest absolute Gasteiger partial charge is 0.478 e. The number of carbonyl (C=O) groups excluding carboxylic acids is 2. The molecule has 0 aromatic heterocycles. The molecule has 0 saturated heterocycles. The molecule has 19 heavy (non-hydrogen) atoms. The number of nitrogens with one attached hydrogen (secondary N) is 3. The maximum Gasteiger partial charge on any atom is 0.336 e. The minimum Gasteiger partial charge on any atom is -0.478 e. The van der Waals surface area contributed by atoms with Crippen LogP contribution in [0.2, 0.25) is 0 Å². The number of likely N-dealkylation sites (N-methyl/N-ethyl adjacent to an activating group) is 1. The molecule has 0 heterocycles. The molecule has 1 aromatic rings. The molecular weight excluding hydrogens is 250 g/mol. The number of hydrogen-bond acceptors (Lipinski definition) is 3. The van der Waals surface area contributed by atoms with Crippen LogP contribution in [0, 0.1) is 6.92 Å². The Kier molecular flexibility index (Phi) is 4.87. The fourth-order valence-electron chi connectivity index (χ4n) is 1.42. The van der Waals surface area contributed by atoms with Crippen LogP contribution in [-0.2, 0) is 4.79 Å². The molecule has 1 aromatic carbocycles. The molecule has 0 atom stereocenters. The van der Waals surface area contributed by atoms with Gasteiger partial charge in [-0.25, -0.2) is 9.59 Å². The van der Waals surface area contributed by atoms with Crippen LogP contribution < -0.4 is 16.0 Å². The smallest absolute Gasteiger partial charge is 0.336 e. The average Bonchev–Trinajstić information content (AvgIpc) is 2.38. The van der Waals surface area contributed by atoms with Crippen molar-refractivity contribution in [3.05, 3.63) is 29.3 Å². The number of carboxylic acids is 1. The van der Waals surface area contributed by atoms with E-state index in [1.165, 1.54) is 19.2 Å². The Morgan fingerprint density at radius 2 is 1.95 bits per heavy atom. The highest BCUT2D eigenvalue weighted by molar-refractivity contribution is 5.96. The van der Waals surface area contributed by atoms with E-state index < -0.39 is 12.0 Å². The van der Waals surface area contributed by atoms with E-state index in [0.29, 0.717) is 11.3 Å². The van der Waals surface area contributed by atoms with Crippen molar-refractivity contribution in [3.8, 4) is 0 Å². The van der Waals surface area contributed by atoms with Gasteiger partial charge in [-0.15, -0.1) is 0 Å². The zero-order valence-corrected chi connectivity index (χ0v) is 10.6. The van der Waals surface area contributed by atoms with E-state index in [1.807, 2.05) is 0 Å². The van der Waals surface area contributed by atoms with Gasteiger partial charge in [0.1, 0.15) is 0 Å². The Balaban J connectivity index is 2.72. The van der Waals surface area contributed by atoms with Gasteiger partial charge in [-0.1, -0.05) is 6.07 Å². The Morgan fingerprint density at radius 1 is 1.26 bits per heavy atom. The molecule has 0 radical (unpaired) electrons. The van der Waals surface area contributed by atoms with Crippen LogP contribution >= 0.6 is 0 Å². The van der Waals surface area contributed by atoms with E-state index in [4.69, 9.17) is 5.11 Å². The number of hydrogen-bond donors (Lipinski definition) is 4. The molecule has 0 spiro atoms. The zero-order valence-electron chi connectivity index (χ0n) is 10.6. The number of carboxylic acid groups (broad SMARTS) is 1. The molecule has 3 amide bonds. The van der Waals surface area contributed by atoms with Gasteiger partial charge >= 0.3 is 12.0 Å². The summed E-state index contributed by atoms with van der Waals surface area (Å²) >= 11 is 0. The summed E-state index contributed by atoms with van der Waals surface area (Å²) in [5.41, 5.74) is 0.948. The van der Waals surface area contributed by atoms with Crippen LogP contribution in [-0.4, -0.2) is 36.6 Å². The Morgan fingerprint density at radius 3 is 2.53 bits per heavy atom. The highest BCUT2D eigenvalue weighted by atomic mass is 16.4. The molecular formula is C12H15N3O4. The van der Waals surface area contributed by atoms with Gasteiger partial charge in [-0.2, -0.15) is 0 Å². The number of aromatic carboxylic acids is 1. The van der Waals surface area contributed by atoms with E-state index in [0.717, 1.165) is 0 Å². The van der Waals surface area contributed by atoms with Crippen molar-refractivity contribution in [2.75, 3.05) is 18.9 Å². The lowest BCUT2D eigenvalue weighted by molar-refractivity contribution is -0.119. The molecule has 7 heteroatoms. The van der Waals surface area contributed by atoms with Gasteiger partial charge in [0.15, 0.2) is 0 Å². The molecule has 7 nitrogen and oxygen atoms in total. The molecule has 102 valence electrons. The Bertz CT molecular complexity index is 514. The molecule has 0 bridgehead atoms. The first-order valence-corrected chi connectivity index (χ1v) is 5.54. The summed E-state index contributed by atoms with van der Waals surface area (Å²) in [5.74, 6) is -1.39. The van der Waals surface area contributed by atoms with Crippen LogP contribution in [0.15, 0.2) is 18.2 Å². The van der Waals surface area contributed by atoms with Crippen molar-refractivity contribution in [2.24, 2.45) is 0 Å². The summed E-state index contributed by atoms with van der Waals surface area (Å²) in [6, 6.07) is 3.99. The van der Waals surface area contributed by atoms with Crippen molar-refractivity contribution < 1.29 is 19.5 Å². The molecule has 0 fully saturated rings. The van der Waals surface area contributed by atoms with E-state index in [9.17, 15) is 14.4 Å². The second-order valence-corrected chi connectivity index (χ2v) is 3.76. The number of anilines is 1. The summed E-state index contributed by atoms with van der Waals surface area (Å²) in [5, 5.41) is 16.2. The van der Waals surface area contributed by atoms with Gasteiger partial charge in [-0.3, -0.25) is 4.79 Å². The monoisotopic (exact) mass is 265 g/mol. The standard InChI is InChI=1S/C12H15N3O4/c1-7-8(11(17)18)4-3-5-9(7)15-12(19)14-6-10(16)13-2/h3-5H,6H2,1-2H3,(H,13,16)(H,17,18)(H2,14,15,19). The van der Waals surface area contributed by atoms with Gasteiger partial charge < -0.3 is 21.1 Å². The average molecular weight is 265 g/mol. The van der Waals surface area contributed by atoms with Gasteiger partial charge in [0.05, 0.1) is 12.1 Å². The minimum absolute atomic E-state index is 0.115. The first-order valence-electron chi connectivity index (χ1n) is 5.54. The SMILES string of the molecule is CNC(=O)CNC(=O)Nc1cccc(C(=O)O)c1C. The second kappa shape index (κ2) is 6.39. The number of carbonyl (C=O) groups is 3. The van der Waals surface area contributed by atoms with E-state index in [1.54, 1.807) is 13.0 Å². The topological polar surface area (TPSA) is 108 Å². The number of benzene rings is 1. The molecule has 0 saturated carbocycles. The second-order valence-electron chi connectivity index (χ2n) is 3.76. The van der Waals surface area contributed by atoms with E-state index >= 15 is 0 Å². The summed E-state index contributed by atoms with van der Waals surface area (Å²) in [6.45, 7) is 1.44. The lowest BCUT2D eigenvalue weighted by Crippen LogP contribution is -2.37. The van der Waals surface area contributed by atoms with Gasteiger partial charge in [0, 0.05) is 12.7 Å². The third-order valence-corrected chi connectivity index (χ3v) is 2.50. The fraction of sp³-hybridized carbons (Fsp3) is 0.250. The first kappa shape index (κ1) is 14.5. The lowest BCUT2D eigenvalue weighted by atomic mass is 10.1. The van der Waals surface area contributed by atoms with Crippen molar-refractivity contribution in [3.63, 3.8) is 0 Å². The van der Waals surface area contributed by atoms with Crippen LogP contribution in [0.3, 0.4) is 0 Å². The van der Waals surface area contributed by atoms with Gasteiger partial charge in [0.25, 0.3) is 0 Å². The normalized spacial score (nSPS) is 9.58. The minimum atomic E-state index is -1.06. The first-order chi connectivity index (χ1) is 8.95. The highest BCUT2D eigenvalue weighted by Crippen LogP contribution is 2.18. The zero-order chi connectivity index (χ0) is 14.4. The molecule has 0 aliphatic rings. The lowest BCUT2D eigenvalue weighted by Gasteiger charge is -2.11. The van der Waals surface area contributed by atoms with Crippen LogP contribution in [0.4, 0.5) is 10.5 Å². The van der Waals surface area contributed by atoms with Crippen molar-refractivity contribution in [1.82, 2.24) is 10.6 Å². The van der Waals surface area contributed by atoms with Gasteiger partial charge in [-0.05, 0) is 24.6 Å². The molecule has 0 aliphatic carbocycles. The predicted octanol–water partition coefficient (Wildman–Crippen LogP) is 0.561. The number of amides is 3. The third-order valence-electron chi connectivity index (χ3n) is 2.50. The summed E-state index contributed by atoms with van der Waals surface area (Å²) in [7, 11) is 1.46. The third kappa shape index (κ3) is 3.98. The number of urea groups is 1. The molecule has 1 rings (SSSR count). The van der Waals surface area contributed by atoms with E-state index in [2.05, 4.69) is 16.0 Å². The van der Waals surface area contributed by atoms with Crippen LogP contribution in [0.25, 0.3) is 0 Å². The van der Waals surface area contributed by atoms with Gasteiger partial charge in [0.2, 0.25) is 5.91 Å². The summed E-state index contributed by atoms with van der Waals surface area (Å²) in [6.07, 6.45) is 0. The van der Waals surface area contributed by atoms with Crippen LogP contribution in [0.5, 0.6) is 0 Å². The fourth-order valence-corrected chi connectivity index (χ4v) is 1.42. The van der Waals surface area contributed by atoms with Crippen molar-refractivity contribution >= 4 is 23.6 Å². The maximum absolute atomic E-state index is 11.5. The predicted molar refractivity (Wildman–Crippen MR) is 69.2 cm³/mol. The quantitative estimate of drug-likeness (QED) is 0.638. The number of rotatable bonds is 4.